The molecule has 0 saturated carbocycles. The van der Waals surface area contributed by atoms with Crippen LogP contribution in [0.5, 0.6) is 57.5 Å². The van der Waals surface area contributed by atoms with Gasteiger partial charge >= 0.3 is 0 Å². The molecule has 2 aliphatic heterocycles. The van der Waals surface area contributed by atoms with Crippen molar-refractivity contribution in [2.45, 2.75) is 47.5 Å². The van der Waals surface area contributed by atoms with Crippen molar-refractivity contribution in [3.8, 4) is 186 Å². The first kappa shape index (κ1) is 78.8. The lowest BCUT2D eigenvalue weighted by molar-refractivity contribution is -0.121. The summed E-state index contributed by atoms with van der Waals surface area (Å²) in [4.78, 5) is 118. The fourth-order valence-electron chi connectivity index (χ4n) is 12.5. The molecule has 0 amide bonds. The number of carbonyl (C=O) groups excluding carboxylic acids is 6. The highest BCUT2D eigenvalue weighted by atomic mass is 32.1. The van der Waals surface area contributed by atoms with Crippen LogP contribution in [0.2, 0.25) is 0 Å². The highest BCUT2D eigenvalue weighted by molar-refractivity contribution is 7.25. The van der Waals surface area contributed by atoms with Crippen molar-refractivity contribution < 1.29 is 76.1 Å². The third-order valence-corrected chi connectivity index (χ3v) is 25.8. The second kappa shape index (κ2) is 36.4. The molecule has 0 atom stereocenters. The van der Waals surface area contributed by atoms with Crippen molar-refractivity contribution in [3.05, 3.63) is 209 Å². The topological polar surface area (TPSA) is 311 Å². The van der Waals surface area contributed by atoms with E-state index >= 15 is 0 Å². The van der Waals surface area contributed by atoms with Crippen LogP contribution in [0, 0.1) is 34.6 Å². The molecule has 0 bridgehead atoms. The Balaban J connectivity index is 0.000000139. The zero-order chi connectivity index (χ0) is 80.9. The average Bonchev–Trinajstić information content (AvgIpc) is 1.59. The average molecular weight is 1670 g/mol. The second-order valence-electron chi connectivity index (χ2n) is 25.6. The molecular formula is C86H63N9O16S6. The van der Waals surface area contributed by atoms with E-state index in [0.29, 0.717) is 174 Å². The Hall–Kier alpha value is -13.4. The number of ether oxygens (including phenoxy) is 10. The molecule has 15 aromatic rings. The zero-order valence-electron chi connectivity index (χ0n) is 62.5. The minimum atomic E-state index is 0.250. The maximum atomic E-state index is 11.2. The number of hydrogen-bond acceptors (Lipinski definition) is 31. The largest absolute Gasteiger partial charge is 0.489 e. The van der Waals surface area contributed by atoms with Gasteiger partial charge in [-0.2, -0.15) is 0 Å². The summed E-state index contributed by atoms with van der Waals surface area (Å²) in [5.74, 6) is 4.60. The Kier molecular flexibility index (Phi) is 24.5. The van der Waals surface area contributed by atoms with Gasteiger partial charge in [-0.15, -0.1) is 68.0 Å². The van der Waals surface area contributed by atoms with Crippen LogP contribution in [-0.2, 0) is 28.8 Å². The number of rotatable bonds is 24. The lowest BCUT2D eigenvalue weighted by Crippen LogP contribution is -1.99. The van der Waals surface area contributed by atoms with Crippen LogP contribution < -0.4 is 47.4 Å². The highest BCUT2D eigenvalue weighted by Gasteiger charge is 2.31. The maximum absolute atomic E-state index is 11.2. The van der Waals surface area contributed by atoms with Gasteiger partial charge in [0.05, 0.1) is 109 Å². The number of hydrogen-bond donors (Lipinski definition) is 0. The number of nitrogens with zero attached hydrogens (tertiary/aromatic N) is 9. The summed E-state index contributed by atoms with van der Waals surface area (Å²) in [6, 6.07) is 39.1. The molecular weight excluding hydrogens is 1610 g/mol. The molecule has 0 N–H and O–H groups in total. The Morgan fingerprint density at radius 3 is 1.13 bits per heavy atom. The van der Waals surface area contributed by atoms with Gasteiger partial charge in [0.25, 0.3) is 38.8 Å². The smallest absolute Gasteiger partial charge is 0.298 e. The molecule has 117 heavy (non-hydrogen) atoms. The zero-order valence-corrected chi connectivity index (χ0v) is 67.4. The third-order valence-electron chi connectivity index (χ3n) is 18.4. The summed E-state index contributed by atoms with van der Waals surface area (Å²) < 4.78 is 54.8. The first-order valence-electron chi connectivity index (χ1n) is 35.8. The van der Waals surface area contributed by atoms with E-state index in [-0.39, 0.29) is 5.75 Å². The molecule has 31 heteroatoms. The molecule has 0 saturated heterocycles. The van der Waals surface area contributed by atoms with Crippen LogP contribution >= 0.6 is 68.0 Å². The van der Waals surface area contributed by atoms with Crippen molar-refractivity contribution in [1.82, 2.24) is 44.9 Å². The quantitative estimate of drug-likeness (QED) is 0.0507. The Morgan fingerprint density at radius 1 is 0.308 bits per heavy atom. The first-order valence-corrected chi connectivity index (χ1v) is 40.9. The van der Waals surface area contributed by atoms with Crippen molar-refractivity contribution in [3.63, 3.8) is 0 Å². The van der Waals surface area contributed by atoms with Gasteiger partial charge in [-0.05, 0) is 152 Å². The predicted molar refractivity (Wildman–Crippen MR) is 447 cm³/mol. The monoisotopic (exact) mass is 1670 g/mol. The standard InChI is InChI=1S/C31H23N3O8S2.C30H25N3O4S2.C25H15N3O4S2/c35-16-41-19-4-6-33-22(12-19)24-14-20(42-17-36)13-23(34-24)21-11-18(3-5-32-21)29-27-28(40-10-2-9-39-27)31(44-29)30-26-25(15-43-30)37-7-1-8-38-26;1-16-17(2)29(38-20(16)5)30-19(4)18(3)28(39-30)21-6-8-31-24(10-21)26-12-23(37-15-35)13-27(33-26)25-11-22(36-14-34)7-9-32-25;29-14-31-17-6-8-27-20(11-17)22-13-18(32-15-30)12-21(28-22)19-10-16(5-7-26-19)23-3-4-25(34-23)24-2-1-9-33-24/h3-6,11-17H,1-2,7-10H2;6-15H,1-5H3;1-15H. The van der Waals surface area contributed by atoms with Gasteiger partial charge in [-0.25, -0.2) is 15.0 Å². The Labute approximate surface area is 691 Å². The molecule has 2 aliphatic rings. The van der Waals surface area contributed by atoms with E-state index in [1.807, 2.05) is 59.2 Å². The van der Waals surface area contributed by atoms with Gasteiger partial charge in [-0.1, -0.05) is 6.07 Å². The molecule has 0 radical (unpaired) electrons. The van der Waals surface area contributed by atoms with Gasteiger partial charge < -0.3 is 47.4 Å². The lowest BCUT2D eigenvalue weighted by atomic mass is 10.0. The van der Waals surface area contributed by atoms with E-state index in [0.717, 1.165) is 60.5 Å². The minimum absolute atomic E-state index is 0.250. The number of thiophene rings is 6. The predicted octanol–water partition coefficient (Wildman–Crippen LogP) is 19.1. The van der Waals surface area contributed by atoms with E-state index in [1.54, 1.807) is 148 Å². The number of pyridine rings is 9. The summed E-state index contributed by atoms with van der Waals surface area (Å²) in [6.07, 6.45) is 11.2. The molecule has 0 fully saturated rings. The summed E-state index contributed by atoms with van der Waals surface area (Å²) >= 11 is 10.1. The van der Waals surface area contributed by atoms with Crippen molar-refractivity contribution in [2.75, 3.05) is 26.4 Å². The summed E-state index contributed by atoms with van der Waals surface area (Å²) in [6.45, 7) is 15.2. The van der Waals surface area contributed by atoms with Crippen LogP contribution in [0.4, 0.5) is 0 Å². The van der Waals surface area contributed by atoms with Crippen LogP contribution in [0.15, 0.2) is 181 Å². The second-order valence-corrected chi connectivity index (χ2v) is 31.8. The third kappa shape index (κ3) is 17.8. The van der Waals surface area contributed by atoms with Gasteiger partial charge in [0.2, 0.25) is 0 Å². The van der Waals surface area contributed by atoms with Crippen molar-refractivity contribution >= 4 is 107 Å². The van der Waals surface area contributed by atoms with E-state index in [9.17, 15) is 28.8 Å². The van der Waals surface area contributed by atoms with Gasteiger partial charge in [0.15, 0.2) is 23.0 Å². The van der Waals surface area contributed by atoms with Gasteiger partial charge in [-0.3, -0.25) is 58.7 Å². The van der Waals surface area contributed by atoms with Gasteiger partial charge in [0, 0.05) is 144 Å². The molecule has 15 aromatic heterocycles. The molecule has 584 valence electrons. The summed E-state index contributed by atoms with van der Waals surface area (Å²) in [5, 5.41) is 4.03. The maximum Gasteiger partial charge on any atom is 0.298 e. The number of aryl methyl sites for hydroxylation is 1. The Bertz CT molecular complexity index is 6220. The fourth-order valence-corrected chi connectivity index (χ4v) is 19.3. The normalized spacial score (nSPS) is 11.9. The van der Waals surface area contributed by atoms with Crippen LogP contribution in [0.1, 0.15) is 40.0 Å². The molecule has 0 unspecified atom stereocenters. The highest BCUT2D eigenvalue weighted by Crippen LogP contribution is 2.59. The SMILES string of the molecule is Cc1sc(-c2sc(-c3ccnc(-c4cc(OC=O)cc(-c5cc(OC=O)ccn5)n4)c3)c(C)c2C)c(C)c1C.O=COc1ccnc(-c2cc(OC=O)cc(-c3cc(-c4ccc(-c5cccs5)s4)ccn3)n2)c1.O=COc1ccnc(-c2cc(OC=O)cc(-c3cc(-c4sc(-c5scc6c5OCCCO6)c5c4OCCCO5)ccn3)n2)c1. The lowest BCUT2D eigenvalue weighted by Gasteiger charge is -2.10. The van der Waals surface area contributed by atoms with E-state index in [1.165, 1.54) is 70.1 Å². The van der Waals surface area contributed by atoms with Gasteiger partial charge in [0.1, 0.15) is 34.5 Å². The number of aromatic nitrogens is 9. The molecule has 17 heterocycles. The van der Waals surface area contributed by atoms with E-state index in [4.69, 9.17) is 57.3 Å². The number of fused-ring (bicyclic) bond motifs is 2. The fraction of sp³-hybridized carbons (Fsp3) is 0.128. The molecule has 0 aromatic carbocycles. The van der Waals surface area contributed by atoms with Crippen LogP contribution in [-0.4, -0.2) is 110 Å². The minimum Gasteiger partial charge on any atom is -0.489 e. The van der Waals surface area contributed by atoms with Crippen LogP contribution in [0.3, 0.4) is 0 Å². The van der Waals surface area contributed by atoms with E-state index < -0.39 is 0 Å². The Morgan fingerprint density at radius 2 is 0.675 bits per heavy atom. The molecule has 25 nitrogen and oxygen atoms in total. The number of carbonyl (C=O) groups is 6. The van der Waals surface area contributed by atoms with Crippen molar-refractivity contribution in [1.29, 1.82) is 0 Å². The summed E-state index contributed by atoms with van der Waals surface area (Å²) in [7, 11) is 0. The summed E-state index contributed by atoms with van der Waals surface area (Å²) in [5.41, 5.74) is 13.9. The first-order chi connectivity index (χ1) is 57.2. The molecule has 0 aliphatic carbocycles. The van der Waals surface area contributed by atoms with E-state index in [2.05, 4.69) is 93.1 Å². The van der Waals surface area contributed by atoms with Crippen LogP contribution in [0.25, 0.3) is 129 Å². The van der Waals surface area contributed by atoms with Crippen molar-refractivity contribution in [2.24, 2.45) is 0 Å². The molecule has 0 spiro atoms. The molecule has 17 rings (SSSR count).